The fourth-order valence-corrected chi connectivity index (χ4v) is 2.10. The van der Waals surface area contributed by atoms with Gasteiger partial charge in [0.2, 0.25) is 0 Å². The van der Waals surface area contributed by atoms with Crippen molar-refractivity contribution in [2.24, 2.45) is 5.73 Å². The number of nitrogens with one attached hydrogen (secondary N) is 1. The average Bonchev–Trinajstić information content (AvgIpc) is 2.55. The molecule has 2 unspecified atom stereocenters. The van der Waals surface area contributed by atoms with E-state index in [2.05, 4.69) is 10.2 Å². The monoisotopic (exact) mass is 155 g/mol. The summed E-state index contributed by atoms with van der Waals surface area (Å²) >= 11 is 0. The molecule has 3 heteroatoms. The summed E-state index contributed by atoms with van der Waals surface area (Å²) in [5, 5.41) is 3.38. The number of likely N-dealkylation sites (tertiary alicyclic amines) is 1. The zero-order valence-electron chi connectivity index (χ0n) is 6.92. The first-order valence-corrected chi connectivity index (χ1v) is 4.56. The third-order valence-electron chi connectivity index (χ3n) is 2.81. The lowest BCUT2D eigenvalue weighted by Crippen LogP contribution is -2.36. The first-order chi connectivity index (χ1) is 5.36. The lowest BCUT2D eigenvalue weighted by molar-refractivity contribution is 0.255. The molecule has 64 valence electrons. The van der Waals surface area contributed by atoms with Crippen LogP contribution >= 0.6 is 0 Å². The fraction of sp³-hybridized carbons (Fsp3) is 1.00. The minimum atomic E-state index is 0.440. The Morgan fingerprint density at radius 2 is 2.27 bits per heavy atom. The van der Waals surface area contributed by atoms with Crippen LogP contribution in [0.1, 0.15) is 12.8 Å². The molecule has 2 heterocycles. The van der Waals surface area contributed by atoms with E-state index in [4.69, 9.17) is 5.73 Å². The molecule has 2 aliphatic rings. The van der Waals surface area contributed by atoms with Crippen molar-refractivity contribution in [2.45, 2.75) is 24.9 Å². The maximum atomic E-state index is 5.83. The van der Waals surface area contributed by atoms with E-state index >= 15 is 0 Å². The van der Waals surface area contributed by atoms with Gasteiger partial charge in [0.15, 0.2) is 0 Å². The van der Waals surface area contributed by atoms with Gasteiger partial charge in [0, 0.05) is 31.7 Å². The van der Waals surface area contributed by atoms with Gasteiger partial charge in [-0.1, -0.05) is 0 Å². The largest absolute Gasteiger partial charge is 0.326 e. The molecule has 3 N–H and O–H groups in total. The number of nitrogens with two attached hydrogens (primary N) is 1. The van der Waals surface area contributed by atoms with Crippen molar-refractivity contribution in [1.82, 2.24) is 10.2 Å². The van der Waals surface area contributed by atoms with Crippen molar-refractivity contribution in [3.8, 4) is 0 Å². The lowest BCUT2D eigenvalue weighted by Gasteiger charge is -2.22. The minimum absolute atomic E-state index is 0.440. The van der Waals surface area contributed by atoms with Crippen LogP contribution in [-0.4, -0.2) is 43.2 Å². The summed E-state index contributed by atoms with van der Waals surface area (Å²) in [5.41, 5.74) is 5.83. The number of rotatable bonds is 1. The van der Waals surface area contributed by atoms with Crippen molar-refractivity contribution in [1.29, 1.82) is 0 Å². The summed E-state index contributed by atoms with van der Waals surface area (Å²) in [7, 11) is 0. The smallest absolute Gasteiger partial charge is 0.0233 e. The van der Waals surface area contributed by atoms with Gasteiger partial charge in [-0.3, -0.25) is 4.90 Å². The SMILES string of the molecule is NC1CCN(C2CCNC2)C1. The van der Waals surface area contributed by atoms with Crippen LogP contribution in [0.15, 0.2) is 0 Å². The van der Waals surface area contributed by atoms with Gasteiger partial charge in [0.05, 0.1) is 0 Å². The van der Waals surface area contributed by atoms with Crippen molar-refractivity contribution < 1.29 is 0 Å². The quantitative estimate of drug-likeness (QED) is 0.530. The maximum absolute atomic E-state index is 5.83. The van der Waals surface area contributed by atoms with Crippen molar-refractivity contribution in [3.05, 3.63) is 0 Å². The summed E-state index contributed by atoms with van der Waals surface area (Å²) in [6, 6.07) is 1.22. The molecule has 0 saturated carbocycles. The molecule has 0 bridgehead atoms. The zero-order valence-corrected chi connectivity index (χ0v) is 6.92. The zero-order chi connectivity index (χ0) is 7.68. The summed E-state index contributed by atoms with van der Waals surface area (Å²) in [6.45, 7) is 4.70. The van der Waals surface area contributed by atoms with E-state index in [9.17, 15) is 0 Å². The Morgan fingerprint density at radius 3 is 2.82 bits per heavy atom. The number of hydrogen-bond donors (Lipinski definition) is 2. The van der Waals surface area contributed by atoms with Crippen LogP contribution in [0, 0.1) is 0 Å². The Labute approximate surface area is 67.9 Å². The molecule has 3 nitrogen and oxygen atoms in total. The van der Waals surface area contributed by atoms with E-state index in [1.165, 1.54) is 32.5 Å². The second kappa shape index (κ2) is 3.09. The highest BCUT2D eigenvalue weighted by Crippen LogP contribution is 2.15. The standard InChI is InChI=1S/C8H17N3/c9-7-2-4-11(6-7)8-1-3-10-5-8/h7-8,10H,1-6,9H2. The van der Waals surface area contributed by atoms with E-state index in [0.29, 0.717) is 6.04 Å². The Hall–Kier alpha value is -0.120. The first kappa shape index (κ1) is 7.53. The molecular weight excluding hydrogens is 138 g/mol. The predicted molar refractivity (Wildman–Crippen MR) is 45.4 cm³/mol. The number of nitrogens with zero attached hydrogens (tertiary/aromatic N) is 1. The Morgan fingerprint density at radius 1 is 1.36 bits per heavy atom. The molecule has 11 heavy (non-hydrogen) atoms. The minimum Gasteiger partial charge on any atom is -0.326 e. The molecule has 0 amide bonds. The third-order valence-corrected chi connectivity index (χ3v) is 2.81. The molecular formula is C8H17N3. The molecule has 2 rings (SSSR count). The average molecular weight is 155 g/mol. The van der Waals surface area contributed by atoms with E-state index in [1.54, 1.807) is 0 Å². The lowest BCUT2D eigenvalue weighted by atomic mass is 10.2. The molecule has 0 aromatic heterocycles. The molecule has 2 fully saturated rings. The van der Waals surface area contributed by atoms with Gasteiger partial charge >= 0.3 is 0 Å². The fourth-order valence-electron chi connectivity index (χ4n) is 2.10. The summed E-state index contributed by atoms with van der Waals surface area (Å²) in [5.74, 6) is 0. The van der Waals surface area contributed by atoms with E-state index < -0.39 is 0 Å². The van der Waals surface area contributed by atoms with Crippen LogP contribution in [0.25, 0.3) is 0 Å². The van der Waals surface area contributed by atoms with Crippen LogP contribution in [-0.2, 0) is 0 Å². The van der Waals surface area contributed by atoms with Gasteiger partial charge in [-0.25, -0.2) is 0 Å². The predicted octanol–water partition coefficient (Wildman–Crippen LogP) is -0.619. The van der Waals surface area contributed by atoms with Gasteiger partial charge in [-0.05, 0) is 19.4 Å². The van der Waals surface area contributed by atoms with E-state index in [-0.39, 0.29) is 0 Å². The molecule has 0 spiro atoms. The third kappa shape index (κ3) is 1.55. The molecule has 2 saturated heterocycles. The highest BCUT2D eigenvalue weighted by molar-refractivity contribution is 4.87. The second-order valence-electron chi connectivity index (χ2n) is 3.69. The Balaban J connectivity index is 1.85. The highest BCUT2D eigenvalue weighted by Gasteiger charge is 2.27. The molecule has 0 aliphatic carbocycles. The highest BCUT2D eigenvalue weighted by atomic mass is 15.2. The van der Waals surface area contributed by atoms with Crippen molar-refractivity contribution in [2.75, 3.05) is 26.2 Å². The Kier molecular flexibility index (Phi) is 2.11. The summed E-state index contributed by atoms with van der Waals surface area (Å²) in [4.78, 5) is 2.53. The van der Waals surface area contributed by atoms with Gasteiger partial charge < -0.3 is 11.1 Å². The van der Waals surface area contributed by atoms with Crippen LogP contribution in [0.5, 0.6) is 0 Å². The van der Waals surface area contributed by atoms with Gasteiger partial charge in [0.1, 0.15) is 0 Å². The van der Waals surface area contributed by atoms with Crippen molar-refractivity contribution in [3.63, 3.8) is 0 Å². The normalized spacial score (nSPS) is 40.1. The maximum Gasteiger partial charge on any atom is 0.0233 e. The summed E-state index contributed by atoms with van der Waals surface area (Å²) in [6.07, 6.45) is 2.50. The van der Waals surface area contributed by atoms with Crippen LogP contribution < -0.4 is 11.1 Å². The first-order valence-electron chi connectivity index (χ1n) is 4.56. The van der Waals surface area contributed by atoms with Gasteiger partial charge in [-0.2, -0.15) is 0 Å². The van der Waals surface area contributed by atoms with E-state index in [0.717, 1.165) is 12.6 Å². The van der Waals surface area contributed by atoms with Gasteiger partial charge in [0.25, 0.3) is 0 Å². The van der Waals surface area contributed by atoms with Crippen molar-refractivity contribution >= 4 is 0 Å². The molecule has 2 atom stereocenters. The second-order valence-corrected chi connectivity index (χ2v) is 3.69. The van der Waals surface area contributed by atoms with Gasteiger partial charge in [-0.15, -0.1) is 0 Å². The van der Waals surface area contributed by atoms with Crippen LogP contribution in [0.3, 0.4) is 0 Å². The number of hydrogen-bond acceptors (Lipinski definition) is 3. The Bertz CT molecular complexity index is 131. The molecule has 0 aromatic carbocycles. The van der Waals surface area contributed by atoms with Crippen LogP contribution in [0.4, 0.5) is 0 Å². The van der Waals surface area contributed by atoms with Crippen LogP contribution in [0.2, 0.25) is 0 Å². The van der Waals surface area contributed by atoms with E-state index in [1.807, 2.05) is 0 Å². The molecule has 0 aromatic rings. The topological polar surface area (TPSA) is 41.3 Å². The summed E-state index contributed by atoms with van der Waals surface area (Å²) < 4.78 is 0. The molecule has 2 aliphatic heterocycles. The molecule has 0 radical (unpaired) electrons.